The lowest BCUT2D eigenvalue weighted by Crippen LogP contribution is -2.25. The summed E-state index contributed by atoms with van der Waals surface area (Å²) in [6.45, 7) is 2.05. The van der Waals surface area contributed by atoms with Gasteiger partial charge in [0.25, 0.3) is 0 Å². The highest BCUT2D eigenvalue weighted by Crippen LogP contribution is 2.47. The van der Waals surface area contributed by atoms with E-state index in [1.807, 2.05) is 19.2 Å². The number of nitrogen functional groups attached to an aromatic ring is 1. The van der Waals surface area contributed by atoms with E-state index in [0.29, 0.717) is 0 Å². The predicted molar refractivity (Wildman–Crippen MR) is 179 cm³/mol. The lowest BCUT2D eigenvalue weighted by atomic mass is 9.77. The summed E-state index contributed by atoms with van der Waals surface area (Å²) in [5, 5.41) is 3.64. The molecule has 1 aliphatic heterocycles. The fourth-order valence-electron chi connectivity index (χ4n) is 6.16. The summed E-state index contributed by atoms with van der Waals surface area (Å²) in [7, 11) is 0. The lowest BCUT2D eigenvalue weighted by Gasteiger charge is -2.33. The van der Waals surface area contributed by atoms with Gasteiger partial charge in [0, 0.05) is 16.8 Å². The summed E-state index contributed by atoms with van der Waals surface area (Å²) in [5.74, 6) is 0. The first-order valence-corrected chi connectivity index (χ1v) is 14.5. The van der Waals surface area contributed by atoms with E-state index >= 15 is 0 Å². The number of allylic oxidation sites excluding steroid dienone is 3. The van der Waals surface area contributed by atoms with E-state index in [1.165, 1.54) is 44.5 Å². The molecule has 2 aliphatic rings. The summed E-state index contributed by atoms with van der Waals surface area (Å²) >= 11 is 0. The Morgan fingerprint density at radius 3 is 1.81 bits per heavy atom. The Morgan fingerprint density at radius 2 is 1.21 bits per heavy atom. The van der Waals surface area contributed by atoms with E-state index in [2.05, 4.69) is 145 Å². The van der Waals surface area contributed by atoms with Crippen LogP contribution < -0.4 is 11.1 Å². The Hall–Kier alpha value is -5.34. The van der Waals surface area contributed by atoms with Crippen molar-refractivity contribution in [1.82, 2.24) is 5.32 Å². The maximum Gasteiger partial charge on any atom is 0.0775 e. The topological polar surface area (TPSA) is 38.0 Å². The normalized spacial score (nSPS) is 15.4. The Balaban J connectivity index is 1.34. The number of hydrogen-bond donors (Lipinski definition) is 2. The van der Waals surface area contributed by atoms with E-state index < -0.39 is 0 Å². The third-order valence-corrected chi connectivity index (χ3v) is 8.28. The van der Waals surface area contributed by atoms with Crippen LogP contribution in [0.4, 0.5) is 5.69 Å². The monoisotopic (exact) mass is 540 g/mol. The summed E-state index contributed by atoms with van der Waals surface area (Å²) in [5.41, 5.74) is 22.0. The SMILES string of the molecule is C/C=C\c1c(-c2ccc(-c3ccccc3)cc2)cc2c(c1N)C=C(c1ccc(-c3ccccc3)cc1)C1=CC=CNC12. The largest absolute Gasteiger partial charge is 0.398 e. The molecule has 2 nitrogen and oxygen atoms in total. The molecule has 0 saturated carbocycles. The van der Waals surface area contributed by atoms with Gasteiger partial charge >= 0.3 is 0 Å². The maximum absolute atomic E-state index is 7.05. The molecule has 0 amide bonds. The van der Waals surface area contributed by atoms with Gasteiger partial charge in [0.15, 0.2) is 0 Å². The Kier molecular flexibility index (Phi) is 6.65. The maximum atomic E-state index is 7.05. The van der Waals surface area contributed by atoms with Gasteiger partial charge in [0.1, 0.15) is 0 Å². The molecule has 3 N–H and O–H groups in total. The molecule has 1 atom stereocenters. The first-order chi connectivity index (χ1) is 20.7. The molecule has 5 aromatic carbocycles. The highest BCUT2D eigenvalue weighted by atomic mass is 14.9. The molecule has 0 radical (unpaired) electrons. The van der Waals surface area contributed by atoms with Gasteiger partial charge in [0.05, 0.1) is 6.04 Å². The second-order valence-corrected chi connectivity index (χ2v) is 10.8. The molecule has 1 heterocycles. The molecule has 1 unspecified atom stereocenters. The van der Waals surface area contributed by atoms with Crippen LogP contribution in [0.25, 0.3) is 51.1 Å². The van der Waals surface area contributed by atoms with Gasteiger partial charge in [-0.3, -0.25) is 0 Å². The summed E-state index contributed by atoms with van der Waals surface area (Å²) in [6, 6.07) is 41.0. The molecule has 0 aromatic heterocycles. The number of hydrogen-bond acceptors (Lipinski definition) is 2. The second-order valence-electron chi connectivity index (χ2n) is 10.8. The fraction of sp³-hybridized carbons (Fsp3) is 0.0500. The number of rotatable bonds is 5. The van der Waals surface area contributed by atoms with Crippen molar-refractivity contribution in [2.75, 3.05) is 5.73 Å². The molecule has 0 bridgehead atoms. The van der Waals surface area contributed by atoms with Crippen molar-refractivity contribution in [3.05, 3.63) is 168 Å². The third-order valence-electron chi connectivity index (χ3n) is 8.28. The van der Waals surface area contributed by atoms with Gasteiger partial charge < -0.3 is 11.1 Å². The first kappa shape index (κ1) is 25.6. The zero-order valence-corrected chi connectivity index (χ0v) is 23.6. The van der Waals surface area contributed by atoms with Crippen molar-refractivity contribution in [2.24, 2.45) is 0 Å². The van der Waals surface area contributed by atoms with Crippen LogP contribution in [0.3, 0.4) is 0 Å². The summed E-state index contributed by atoms with van der Waals surface area (Å²) < 4.78 is 0. The van der Waals surface area contributed by atoms with Gasteiger partial charge in [-0.1, -0.05) is 127 Å². The Labute approximate surface area is 247 Å². The second kappa shape index (κ2) is 10.9. The Morgan fingerprint density at radius 1 is 0.667 bits per heavy atom. The van der Waals surface area contributed by atoms with Gasteiger partial charge in [-0.2, -0.15) is 0 Å². The molecule has 0 fully saturated rings. The molecule has 0 saturated heterocycles. The van der Waals surface area contributed by atoms with Gasteiger partial charge in [-0.05, 0) is 87.0 Å². The number of fused-ring (bicyclic) bond motifs is 3. The zero-order chi connectivity index (χ0) is 28.5. The number of nitrogens with two attached hydrogens (primary N) is 1. The lowest BCUT2D eigenvalue weighted by molar-refractivity contribution is 0.718. The van der Waals surface area contributed by atoms with Gasteiger partial charge in [0.2, 0.25) is 0 Å². The fourth-order valence-corrected chi connectivity index (χ4v) is 6.16. The van der Waals surface area contributed by atoms with Crippen LogP contribution in [0.15, 0.2) is 145 Å². The van der Waals surface area contributed by atoms with Crippen LogP contribution in [0.2, 0.25) is 0 Å². The van der Waals surface area contributed by atoms with E-state index in [4.69, 9.17) is 5.73 Å². The summed E-state index contributed by atoms with van der Waals surface area (Å²) in [6.07, 6.45) is 12.8. The average molecular weight is 541 g/mol. The van der Waals surface area contributed by atoms with Crippen LogP contribution in [0, 0.1) is 0 Å². The molecule has 2 heteroatoms. The van der Waals surface area contributed by atoms with Crippen molar-refractivity contribution in [3.63, 3.8) is 0 Å². The van der Waals surface area contributed by atoms with Crippen molar-refractivity contribution in [3.8, 4) is 33.4 Å². The molecular weight excluding hydrogens is 508 g/mol. The number of dihydropyridines is 1. The van der Waals surface area contributed by atoms with Crippen LogP contribution in [-0.2, 0) is 0 Å². The first-order valence-electron chi connectivity index (χ1n) is 14.5. The smallest absolute Gasteiger partial charge is 0.0775 e. The molecular formula is C40H32N2. The number of nitrogens with one attached hydrogen (secondary N) is 1. The molecule has 7 rings (SSSR count). The van der Waals surface area contributed by atoms with E-state index in [9.17, 15) is 0 Å². The minimum absolute atomic E-state index is 0.0168. The van der Waals surface area contributed by atoms with E-state index in [1.54, 1.807) is 0 Å². The minimum Gasteiger partial charge on any atom is -0.398 e. The summed E-state index contributed by atoms with van der Waals surface area (Å²) in [4.78, 5) is 0. The van der Waals surface area contributed by atoms with Crippen molar-refractivity contribution >= 4 is 23.4 Å². The van der Waals surface area contributed by atoms with Crippen molar-refractivity contribution < 1.29 is 0 Å². The molecule has 42 heavy (non-hydrogen) atoms. The predicted octanol–water partition coefficient (Wildman–Crippen LogP) is 9.94. The number of anilines is 1. The third kappa shape index (κ3) is 4.57. The van der Waals surface area contributed by atoms with Crippen LogP contribution in [0.5, 0.6) is 0 Å². The van der Waals surface area contributed by atoms with Crippen LogP contribution in [0.1, 0.15) is 35.2 Å². The van der Waals surface area contributed by atoms with Crippen molar-refractivity contribution in [2.45, 2.75) is 13.0 Å². The average Bonchev–Trinajstić information content (AvgIpc) is 3.06. The van der Waals surface area contributed by atoms with Gasteiger partial charge in [-0.25, -0.2) is 0 Å². The molecule has 202 valence electrons. The number of benzene rings is 5. The molecule has 5 aromatic rings. The minimum atomic E-state index is 0.0168. The zero-order valence-electron chi connectivity index (χ0n) is 23.6. The molecule has 1 aliphatic carbocycles. The van der Waals surface area contributed by atoms with Gasteiger partial charge in [-0.15, -0.1) is 0 Å². The molecule has 0 spiro atoms. The van der Waals surface area contributed by atoms with Crippen LogP contribution >= 0.6 is 0 Å². The van der Waals surface area contributed by atoms with Crippen molar-refractivity contribution in [1.29, 1.82) is 0 Å². The highest BCUT2D eigenvalue weighted by Gasteiger charge is 2.30. The van der Waals surface area contributed by atoms with E-state index in [0.717, 1.165) is 27.9 Å². The van der Waals surface area contributed by atoms with Crippen LogP contribution in [-0.4, -0.2) is 0 Å². The highest BCUT2D eigenvalue weighted by molar-refractivity contribution is 6.01. The van der Waals surface area contributed by atoms with E-state index in [-0.39, 0.29) is 6.04 Å². The Bertz CT molecular complexity index is 1870. The quantitative estimate of drug-likeness (QED) is 0.218. The standard InChI is InChI=1S/C40H32N2/c1-2-10-33-35(31-20-16-29(17-21-31)27-11-5-3-6-12-27)26-38-37(39(33)41)25-36(34-15-9-24-42-40(34)38)32-22-18-30(19-23-32)28-13-7-4-8-14-28/h2-26,40,42H,41H2,1H3/b10-2-.